The first-order valence-electron chi connectivity index (χ1n) is 10.3. The smallest absolute Gasteiger partial charge is 0.244 e. The molecule has 0 radical (unpaired) electrons. The van der Waals surface area contributed by atoms with Crippen LogP contribution >= 0.6 is 12.2 Å². The standard InChI is InChI=1S/C19H27N7OS/c27-17(11-26-13-20-22-23-26)24-6-3-19(4-7-24)5-8-25(12-19)18(28)21-16-10-14-1-2-15(16)9-14/h1-2,13-16H,3-12H2,(H,21,28)/t14-,15+,16?/m0/s1. The van der Waals surface area contributed by atoms with Gasteiger partial charge in [0.2, 0.25) is 5.91 Å². The van der Waals surface area contributed by atoms with Crippen LogP contribution in [-0.2, 0) is 11.3 Å². The van der Waals surface area contributed by atoms with Gasteiger partial charge in [0.1, 0.15) is 12.9 Å². The van der Waals surface area contributed by atoms with Gasteiger partial charge in [0.05, 0.1) is 0 Å². The normalized spacial score (nSPS) is 30.4. The van der Waals surface area contributed by atoms with Gasteiger partial charge in [0.25, 0.3) is 0 Å². The SMILES string of the molecule is O=C(Cn1cnnn1)N1CCC2(CC1)CCN(C(=S)NC1C[C@H]3C=C[C@@H]1C3)C2. The summed E-state index contributed by atoms with van der Waals surface area (Å²) < 4.78 is 1.49. The van der Waals surface area contributed by atoms with E-state index < -0.39 is 0 Å². The first kappa shape index (κ1) is 18.0. The molecule has 9 heteroatoms. The lowest BCUT2D eigenvalue weighted by Crippen LogP contribution is -2.48. The van der Waals surface area contributed by atoms with Gasteiger partial charge in [-0.05, 0) is 72.0 Å². The number of hydrogen-bond acceptors (Lipinski definition) is 5. The number of amides is 1. The zero-order chi connectivity index (χ0) is 19.1. The highest BCUT2D eigenvalue weighted by Crippen LogP contribution is 2.41. The number of hydrogen-bond donors (Lipinski definition) is 1. The van der Waals surface area contributed by atoms with Gasteiger partial charge in [0.15, 0.2) is 5.11 Å². The molecule has 1 amide bonds. The van der Waals surface area contributed by atoms with Crippen molar-refractivity contribution in [3.8, 4) is 0 Å². The van der Waals surface area contributed by atoms with Crippen LogP contribution in [0.25, 0.3) is 0 Å². The number of piperidine rings is 1. The van der Waals surface area contributed by atoms with Crippen LogP contribution in [-0.4, -0.2) is 73.2 Å². The maximum atomic E-state index is 12.5. The predicted octanol–water partition coefficient (Wildman–Crippen LogP) is 0.827. The lowest BCUT2D eigenvalue weighted by Gasteiger charge is -2.39. The van der Waals surface area contributed by atoms with Crippen molar-refractivity contribution in [2.24, 2.45) is 17.3 Å². The minimum Gasteiger partial charge on any atom is -0.359 e. The Morgan fingerprint density at radius 2 is 1.93 bits per heavy atom. The average molecular weight is 402 g/mol. The van der Waals surface area contributed by atoms with E-state index in [1.54, 1.807) is 0 Å². The molecule has 4 aliphatic rings. The molecule has 2 bridgehead atoms. The quantitative estimate of drug-likeness (QED) is 0.594. The minimum atomic E-state index is 0.0959. The maximum Gasteiger partial charge on any atom is 0.244 e. The van der Waals surface area contributed by atoms with Gasteiger partial charge >= 0.3 is 0 Å². The van der Waals surface area contributed by atoms with E-state index >= 15 is 0 Å². The third-order valence-corrected chi connectivity index (χ3v) is 7.55. The fourth-order valence-electron chi connectivity index (χ4n) is 5.43. The molecule has 2 aliphatic carbocycles. The maximum absolute atomic E-state index is 12.5. The first-order chi connectivity index (χ1) is 13.6. The summed E-state index contributed by atoms with van der Waals surface area (Å²) in [6, 6.07) is 0.518. The van der Waals surface area contributed by atoms with Crippen molar-refractivity contribution in [1.82, 2.24) is 35.3 Å². The van der Waals surface area contributed by atoms with Crippen LogP contribution in [0.2, 0.25) is 0 Å². The topological polar surface area (TPSA) is 79.2 Å². The van der Waals surface area contributed by atoms with E-state index in [0.29, 0.717) is 17.4 Å². The van der Waals surface area contributed by atoms with Gasteiger partial charge in [-0.1, -0.05) is 12.2 Å². The van der Waals surface area contributed by atoms with Crippen LogP contribution in [0.1, 0.15) is 32.1 Å². The van der Waals surface area contributed by atoms with E-state index in [2.05, 4.69) is 37.9 Å². The second-order valence-corrected chi connectivity index (χ2v) is 9.28. The number of rotatable bonds is 3. The Morgan fingerprint density at radius 3 is 2.57 bits per heavy atom. The van der Waals surface area contributed by atoms with E-state index in [1.165, 1.54) is 30.3 Å². The summed E-state index contributed by atoms with van der Waals surface area (Å²) in [5.74, 6) is 1.51. The van der Waals surface area contributed by atoms with Gasteiger partial charge < -0.3 is 15.1 Å². The molecule has 2 saturated heterocycles. The zero-order valence-electron chi connectivity index (χ0n) is 16.0. The lowest BCUT2D eigenvalue weighted by atomic mass is 9.78. The number of allylic oxidation sites excluding steroid dienone is 1. The molecule has 1 aromatic rings. The summed E-state index contributed by atoms with van der Waals surface area (Å²) in [7, 11) is 0. The van der Waals surface area contributed by atoms with Crippen molar-refractivity contribution >= 4 is 23.2 Å². The number of nitrogens with zero attached hydrogens (tertiary/aromatic N) is 6. The van der Waals surface area contributed by atoms with Crippen molar-refractivity contribution < 1.29 is 4.79 Å². The van der Waals surface area contributed by atoms with E-state index in [-0.39, 0.29) is 12.5 Å². The van der Waals surface area contributed by atoms with Crippen molar-refractivity contribution in [3.63, 3.8) is 0 Å². The van der Waals surface area contributed by atoms with Gasteiger partial charge in [0, 0.05) is 32.2 Å². The summed E-state index contributed by atoms with van der Waals surface area (Å²) in [6.45, 7) is 3.89. The molecule has 3 atom stereocenters. The van der Waals surface area contributed by atoms with Gasteiger partial charge in [-0.25, -0.2) is 4.68 Å². The molecule has 28 heavy (non-hydrogen) atoms. The second kappa shape index (κ2) is 7.09. The van der Waals surface area contributed by atoms with Crippen LogP contribution in [0.15, 0.2) is 18.5 Å². The average Bonchev–Trinajstić information content (AvgIpc) is 3.47. The molecule has 1 unspecified atom stereocenters. The predicted molar refractivity (Wildman–Crippen MR) is 107 cm³/mol. The molecule has 3 heterocycles. The highest BCUT2D eigenvalue weighted by atomic mass is 32.1. The van der Waals surface area contributed by atoms with Crippen molar-refractivity contribution in [2.45, 2.75) is 44.7 Å². The summed E-state index contributed by atoms with van der Waals surface area (Å²) in [5.41, 5.74) is 0.298. The molecule has 2 aliphatic heterocycles. The van der Waals surface area contributed by atoms with Crippen molar-refractivity contribution in [2.75, 3.05) is 26.2 Å². The highest BCUT2D eigenvalue weighted by Gasteiger charge is 2.43. The number of aromatic nitrogens is 4. The Kier molecular flexibility index (Phi) is 4.57. The number of carbonyl (C=O) groups is 1. The van der Waals surface area contributed by atoms with Crippen LogP contribution in [0, 0.1) is 17.3 Å². The molecule has 5 rings (SSSR count). The molecular weight excluding hydrogens is 374 g/mol. The molecule has 8 nitrogen and oxygen atoms in total. The number of nitrogens with one attached hydrogen (secondary N) is 1. The van der Waals surface area contributed by atoms with E-state index in [0.717, 1.165) is 50.1 Å². The van der Waals surface area contributed by atoms with Crippen LogP contribution in [0.4, 0.5) is 0 Å². The molecule has 1 saturated carbocycles. The molecule has 0 aromatic carbocycles. The summed E-state index contributed by atoms with van der Waals surface area (Å²) >= 11 is 5.75. The van der Waals surface area contributed by atoms with Crippen LogP contribution in [0.5, 0.6) is 0 Å². The van der Waals surface area contributed by atoms with Crippen LogP contribution in [0.3, 0.4) is 0 Å². The van der Waals surface area contributed by atoms with Crippen LogP contribution < -0.4 is 5.32 Å². The Morgan fingerprint density at radius 1 is 1.14 bits per heavy atom. The minimum absolute atomic E-state index is 0.0959. The highest BCUT2D eigenvalue weighted by molar-refractivity contribution is 7.80. The third kappa shape index (κ3) is 3.40. The Balaban J connectivity index is 1.11. The van der Waals surface area contributed by atoms with Crippen molar-refractivity contribution in [3.05, 3.63) is 18.5 Å². The number of likely N-dealkylation sites (tertiary alicyclic amines) is 2. The molecule has 3 fully saturated rings. The summed E-state index contributed by atoms with van der Waals surface area (Å²) in [6.07, 6.45) is 12.0. The monoisotopic (exact) mass is 401 g/mol. The Labute approximate surface area is 170 Å². The Bertz CT molecular complexity index is 771. The molecular formula is C19H27N7OS. The van der Waals surface area contributed by atoms with E-state index in [1.807, 2.05) is 4.90 Å². The van der Waals surface area contributed by atoms with Gasteiger partial charge in [-0.3, -0.25) is 4.79 Å². The largest absolute Gasteiger partial charge is 0.359 e. The number of fused-ring (bicyclic) bond motifs is 2. The summed E-state index contributed by atoms with van der Waals surface area (Å²) in [5, 5.41) is 15.5. The lowest BCUT2D eigenvalue weighted by molar-refractivity contribution is -0.134. The number of carbonyl (C=O) groups excluding carboxylic acids is 1. The van der Waals surface area contributed by atoms with Crippen molar-refractivity contribution in [1.29, 1.82) is 0 Å². The summed E-state index contributed by atoms with van der Waals surface area (Å²) in [4.78, 5) is 16.8. The fourth-order valence-corrected chi connectivity index (χ4v) is 5.74. The fraction of sp³-hybridized carbons (Fsp3) is 0.737. The van der Waals surface area contributed by atoms with E-state index in [9.17, 15) is 4.79 Å². The number of thiocarbonyl (C=S) groups is 1. The Hall–Kier alpha value is -2.03. The number of tetrazole rings is 1. The molecule has 1 N–H and O–H groups in total. The molecule has 1 aromatic heterocycles. The zero-order valence-corrected chi connectivity index (χ0v) is 16.9. The molecule has 150 valence electrons. The van der Waals surface area contributed by atoms with Gasteiger partial charge in [-0.2, -0.15) is 0 Å². The molecule has 1 spiro atoms. The third-order valence-electron chi connectivity index (χ3n) is 7.18. The van der Waals surface area contributed by atoms with Gasteiger partial charge in [-0.15, -0.1) is 5.10 Å². The second-order valence-electron chi connectivity index (χ2n) is 8.90. The van der Waals surface area contributed by atoms with E-state index in [4.69, 9.17) is 12.2 Å². The first-order valence-corrected chi connectivity index (χ1v) is 10.7.